The van der Waals surface area contributed by atoms with Crippen LogP contribution in [0.15, 0.2) is 0 Å². The third-order valence-electron chi connectivity index (χ3n) is 4.80. The predicted octanol–water partition coefficient (Wildman–Crippen LogP) is 1.48. The van der Waals surface area contributed by atoms with Gasteiger partial charge in [-0.05, 0) is 31.1 Å². The minimum atomic E-state index is -0.857. The molecule has 5 heteroatoms. The first-order valence-electron chi connectivity index (χ1n) is 7.72. The highest BCUT2D eigenvalue weighted by Crippen LogP contribution is 2.30. The lowest BCUT2D eigenvalue weighted by atomic mass is 9.78. The molecule has 1 amide bonds. The van der Waals surface area contributed by atoms with Crippen molar-refractivity contribution in [1.29, 1.82) is 0 Å². The van der Waals surface area contributed by atoms with Crippen LogP contribution in [0.2, 0.25) is 0 Å². The molecule has 0 bridgehead atoms. The monoisotopic (exact) mass is 282 g/mol. The highest BCUT2D eigenvalue weighted by atomic mass is 16.4. The minimum Gasteiger partial charge on any atom is -0.480 e. The van der Waals surface area contributed by atoms with Gasteiger partial charge in [-0.3, -0.25) is 14.5 Å². The van der Waals surface area contributed by atoms with E-state index in [-0.39, 0.29) is 25.0 Å². The summed E-state index contributed by atoms with van der Waals surface area (Å²) in [6, 6.07) is 0.539. The molecule has 2 fully saturated rings. The zero-order valence-corrected chi connectivity index (χ0v) is 12.5. The van der Waals surface area contributed by atoms with Crippen molar-refractivity contribution in [1.82, 2.24) is 10.2 Å². The molecule has 20 heavy (non-hydrogen) atoms. The quantitative estimate of drug-likeness (QED) is 0.774. The molecule has 3 atom stereocenters. The number of carboxylic acids is 1. The standard InChI is InChI=1S/C15H26N2O3/c1-10-4-3-5-13(11(10)2)16-14(18)8-17(9-15(19)20)12-6-7-12/h10-13H,3-9H2,1-2H3,(H,16,18)(H,19,20). The molecule has 2 saturated carbocycles. The van der Waals surface area contributed by atoms with E-state index in [1.807, 2.05) is 0 Å². The molecule has 2 aliphatic rings. The van der Waals surface area contributed by atoms with Crippen molar-refractivity contribution in [2.24, 2.45) is 11.8 Å². The molecule has 114 valence electrons. The number of carbonyl (C=O) groups excluding carboxylic acids is 1. The summed E-state index contributed by atoms with van der Waals surface area (Å²) in [4.78, 5) is 24.8. The van der Waals surface area contributed by atoms with Crippen molar-refractivity contribution in [2.45, 2.75) is 58.0 Å². The van der Waals surface area contributed by atoms with Crippen LogP contribution in [0.1, 0.15) is 46.0 Å². The number of hydrogen-bond acceptors (Lipinski definition) is 3. The van der Waals surface area contributed by atoms with Gasteiger partial charge in [-0.15, -0.1) is 0 Å². The summed E-state index contributed by atoms with van der Waals surface area (Å²) in [7, 11) is 0. The molecule has 0 aliphatic heterocycles. The van der Waals surface area contributed by atoms with Crippen molar-refractivity contribution in [3.63, 3.8) is 0 Å². The molecule has 0 saturated heterocycles. The number of rotatable bonds is 6. The summed E-state index contributed by atoms with van der Waals surface area (Å²) in [5, 5.41) is 12.0. The Labute approximate surface area is 120 Å². The van der Waals surface area contributed by atoms with Crippen molar-refractivity contribution in [2.75, 3.05) is 13.1 Å². The van der Waals surface area contributed by atoms with E-state index >= 15 is 0 Å². The summed E-state index contributed by atoms with van der Waals surface area (Å²) in [6.45, 7) is 4.62. The lowest BCUT2D eigenvalue weighted by Gasteiger charge is -2.35. The van der Waals surface area contributed by atoms with Gasteiger partial charge in [0.2, 0.25) is 5.91 Å². The molecular weight excluding hydrogens is 256 g/mol. The summed E-state index contributed by atoms with van der Waals surface area (Å²) in [5.41, 5.74) is 0. The fraction of sp³-hybridized carbons (Fsp3) is 0.867. The molecule has 0 radical (unpaired) electrons. The maximum absolute atomic E-state index is 12.1. The third-order valence-corrected chi connectivity index (χ3v) is 4.80. The number of nitrogens with zero attached hydrogens (tertiary/aromatic N) is 1. The molecule has 3 unspecified atom stereocenters. The number of carboxylic acid groups (broad SMARTS) is 1. The smallest absolute Gasteiger partial charge is 0.317 e. The van der Waals surface area contributed by atoms with Gasteiger partial charge < -0.3 is 10.4 Å². The first kappa shape index (κ1) is 15.3. The van der Waals surface area contributed by atoms with Crippen LogP contribution < -0.4 is 5.32 Å². The van der Waals surface area contributed by atoms with Crippen molar-refractivity contribution in [3.8, 4) is 0 Å². The van der Waals surface area contributed by atoms with Crippen molar-refractivity contribution >= 4 is 11.9 Å². The van der Waals surface area contributed by atoms with Crippen LogP contribution in [0.25, 0.3) is 0 Å². The lowest BCUT2D eigenvalue weighted by molar-refractivity contribution is -0.139. The second-order valence-corrected chi connectivity index (χ2v) is 6.47. The molecule has 0 aromatic carbocycles. The van der Waals surface area contributed by atoms with Gasteiger partial charge in [0.1, 0.15) is 0 Å². The van der Waals surface area contributed by atoms with E-state index in [0.29, 0.717) is 17.9 Å². The zero-order chi connectivity index (χ0) is 14.7. The Bertz CT molecular complexity index is 368. The van der Waals surface area contributed by atoms with Crippen LogP contribution in [0.4, 0.5) is 0 Å². The normalized spacial score (nSPS) is 30.2. The summed E-state index contributed by atoms with van der Waals surface area (Å²) in [6.07, 6.45) is 5.47. The van der Waals surface area contributed by atoms with E-state index < -0.39 is 5.97 Å². The Hall–Kier alpha value is -1.10. The summed E-state index contributed by atoms with van der Waals surface area (Å²) < 4.78 is 0. The predicted molar refractivity (Wildman–Crippen MR) is 76.3 cm³/mol. The number of carbonyl (C=O) groups is 2. The Morgan fingerprint density at radius 2 is 1.85 bits per heavy atom. The van der Waals surface area contributed by atoms with E-state index in [0.717, 1.165) is 25.7 Å². The van der Waals surface area contributed by atoms with Crippen LogP contribution in [0, 0.1) is 11.8 Å². The highest BCUT2D eigenvalue weighted by Gasteiger charge is 2.33. The lowest BCUT2D eigenvalue weighted by Crippen LogP contribution is -2.48. The van der Waals surface area contributed by atoms with Crippen LogP contribution in [0.5, 0.6) is 0 Å². The Balaban J connectivity index is 1.82. The number of amides is 1. The van der Waals surface area contributed by atoms with Crippen LogP contribution in [-0.4, -0.2) is 47.1 Å². The van der Waals surface area contributed by atoms with Gasteiger partial charge in [0.05, 0.1) is 13.1 Å². The maximum Gasteiger partial charge on any atom is 0.317 e. The van der Waals surface area contributed by atoms with Crippen molar-refractivity contribution in [3.05, 3.63) is 0 Å². The summed E-state index contributed by atoms with van der Waals surface area (Å²) >= 11 is 0. The number of hydrogen-bond donors (Lipinski definition) is 2. The molecular formula is C15H26N2O3. The SMILES string of the molecule is CC1CCCC(NC(=O)CN(CC(=O)O)C2CC2)C1C. The van der Waals surface area contributed by atoms with Gasteiger partial charge in [0.15, 0.2) is 0 Å². The molecule has 0 aromatic heterocycles. The Morgan fingerprint density at radius 3 is 2.45 bits per heavy atom. The van der Waals surface area contributed by atoms with Crippen molar-refractivity contribution < 1.29 is 14.7 Å². The second-order valence-electron chi connectivity index (χ2n) is 6.47. The Kier molecular flexibility index (Phi) is 5.02. The second kappa shape index (κ2) is 6.57. The van der Waals surface area contributed by atoms with E-state index in [1.54, 1.807) is 4.90 Å². The van der Waals surface area contributed by atoms with E-state index in [1.165, 1.54) is 6.42 Å². The van der Waals surface area contributed by atoms with E-state index in [9.17, 15) is 9.59 Å². The number of nitrogens with one attached hydrogen (secondary N) is 1. The van der Waals surface area contributed by atoms with Gasteiger partial charge in [0, 0.05) is 12.1 Å². The fourth-order valence-corrected chi connectivity index (χ4v) is 3.15. The third kappa shape index (κ3) is 4.20. The summed E-state index contributed by atoms with van der Waals surface area (Å²) in [5.74, 6) is 0.266. The van der Waals surface area contributed by atoms with Gasteiger partial charge in [-0.1, -0.05) is 26.7 Å². The fourth-order valence-electron chi connectivity index (χ4n) is 3.15. The van der Waals surface area contributed by atoms with E-state index in [2.05, 4.69) is 19.2 Å². The molecule has 0 spiro atoms. The van der Waals surface area contributed by atoms with Crippen LogP contribution in [-0.2, 0) is 9.59 Å². The molecule has 2 rings (SSSR count). The topological polar surface area (TPSA) is 69.6 Å². The van der Waals surface area contributed by atoms with E-state index in [4.69, 9.17) is 5.11 Å². The van der Waals surface area contributed by atoms with Crippen LogP contribution in [0.3, 0.4) is 0 Å². The molecule has 2 N–H and O–H groups in total. The largest absolute Gasteiger partial charge is 0.480 e. The molecule has 0 heterocycles. The zero-order valence-electron chi connectivity index (χ0n) is 12.5. The minimum absolute atomic E-state index is 0.0240. The van der Waals surface area contributed by atoms with Gasteiger partial charge in [-0.2, -0.15) is 0 Å². The van der Waals surface area contributed by atoms with Gasteiger partial charge >= 0.3 is 5.97 Å². The average molecular weight is 282 g/mol. The first-order valence-corrected chi connectivity index (χ1v) is 7.72. The number of aliphatic carboxylic acids is 1. The average Bonchev–Trinajstić information content (AvgIpc) is 3.17. The van der Waals surface area contributed by atoms with Gasteiger partial charge in [-0.25, -0.2) is 0 Å². The molecule has 5 nitrogen and oxygen atoms in total. The molecule has 0 aromatic rings. The molecule has 2 aliphatic carbocycles. The van der Waals surface area contributed by atoms with Crippen LogP contribution >= 0.6 is 0 Å². The van der Waals surface area contributed by atoms with Gasteiger partial charge in [0.25, 0.3) is 0 Å². The highest BCUT2D eigenvalue weighted by molar-refractivity contribution is 5.79. The maximum atomic E-state index is 12.1. The Morgan fingerprint density at radius 1 is 1.15 bits per heavy atom. The first-order chi connectivity index (χ1) is 9.47.